The molecule has 0 aromatic carbocycles. The number of aliphatic hydroxyl groups is 1. The lowest BCUT2D eigenvalue weighted by Crippen LogP contribution is -2.30. The number of carbonyl (C=O) groups excluding carboxylic acids is 4. The number of rotatable bonds is 70. The number of carbonyl (C=O) groups is 4. The molecule has 17 nitrogen and oxygen atoms in total. The minimum Gasteiger partial charge on any atom is -0.462 e. The second-order valence-electron chi connectivity index (χ2n) is 24.9. The van der Waals surface area contributed by atoms with E-state index in [1.807, 2.05) is 12.2 Å². The summed E-state index contributed by atoms with van der Waals surface area (Å²) < 4.78 is 68.2. The summed E-state index contributed by atoms with van der Waals surface area (Å²) in [6.07, 6.45) is 76.6. The number of phosphoric ester groups is 2. The normalized spacial score (nSPS) is 14.6. The van der Waals surface area contributed by atoms with E-state index >= 15 is 0 Å². The Labute approximate surface area is 593 Å². The Bertz CT molecular complexity index is 2340. The molecule has 0 aliphatic heterocycles. The van der Waals surface area contributed by atoms with E-state index in [0.717, 1.165) is 161 Å². The first-order chi connectivity index (χ1) is 47.7. The Balaban J connectivity index is 5.40. The van der Waals surface area contributed by atoms with Gasteiger partial charge in [-0.05, 0) is 116 Å². The summed E-state index contributed by atoms with van der Waals surface area (Å²) in [5.74, 6) is -2.35. The van der Waals surface area contributed by atoms with Crippen LogP contribution in [0.3, 0.4) is 0 Å². The highest BCUT2D eigenvalue weighted by molar-refractivity contribution is 7.47. The van der Waals surface area contributed by atoms with Crippen molar-refractivity contribution in [3.05, 3.63) is 122 Å². The maximum Gasteiger partial charge on any atom is 0.472 e. The van der Waals surface area contributed by atoms with E-state index in [1.165, 1.54) is 57.8 Å². The van der Waals surface area contributed by atoms with Gasteiger partial charge in [-0.15, -0.1) is 0 Å². The van der Waals surface area contributed by atoms with E-state index in [4.69, 9.17) is 37.0 Å². The largest absolute Gasteiger partial charge is 0.472 e. The van der Waals surface area contributed by atoms with Crippen LogP contribution in [-0.2, 0) is 65.4 Å². The van der Waals surface area contributed by atoms with Gasteiger partial charge in [-0.25, -0.2) is 9.13 Å². The first kappa shape index (κ1) is 93.5. The standard InChI is InChI=1S/C79H134O17P2/c1-5-9-13-17-21-25-29-32-34-35-36-37-39-41-45-48-52-56-60-64-77(82)90-70-75(96-79(84)66-62-58-54-50-46-42-38-33-30-26-22-18-14-10-6-2)72-94-98(87,88)92-68-73(80)67-91-97(85,86)93-71-74(95-78(83)65-61-57-53-49-43-28-24-20-16-12-8-4)69-89-76(81)63-59-55-51-47-44-40-31-27-23-19-15-11-7-3/h10,14-15,19,21-22,25-27,31-34,36-38,46,50,58,62,73-75,80H,5-9,11-13,16-18,20,23-24,28-30,35,39-45,47-49,51-57,59-61,63-72H2,1-4H3,(H,85,86)(H,87,88)/b14-10-,19-15-,25-21-,26-22-,31-27-,34-32-,37-36-,38-33-,50-46-,62-58-. The highest BCUT2D eigenvalue weighted by Crippen LogP contribution is 2.45. The molecule has 19 heteroatoms. The van der Waals surface area contributed by atoms with Gasteiger partial charge in [-0.3, -0.25) is 37.3 Å². The van der Waals surface area contributed by atoms with Gasteiger partial charge >= 0.3 is 39.5 Å². The minimum absolute atomic E-state index is 0.0901. The van der Waals surface area contributed by atoms with Gasteiger partial charge in [0.1, 0.15) is 19.3 Å². The fraction of sp³-hybridized carbons (Fsp3) is 0.696. The molecule has 5 unspecified atom stereocenters. The van der Waals surface area contributed by atoms with Crippen LogP contribution in [0.2, 0.25) is 0 Å². The van der Waals surface area contributed by atoms with Crippen molar-refractivity contribution in [2.45, 2.75) is 316 Å². The lowest BCUT2D eigenvalue weighted by molar-refractivity contribution is -0.161. The lowest BCUT2D eigenvalue weighted by Gasteiger charge is -2.21. The summed E-state index contributed by atoms with van der Waals surface area (Å²) in [4.78, 5) is 72.7. The average molecular weight is 1420 g/mol. The van der Waals surface area contributed by atoms with Gasteiger partial charge in [0.05, 0.1) is 32.8 Å². The van der Waals surface area contributed by atoms with E-state index in [1.54, 1.807) is 12.2 Å². The smallest absolute Gasteiger partial charge is 0.462 e. The maximum atomic E-state index is 13.1. The number of hydrogen-bond donors (Lipinski definition) is 3. The third kappa shape index (κ3) is 69.9. The lowest BCUT2D eigenvalue weighted by atomic mass is 10.1. The van der Waals surface area contributed by atoms with E-state index in [2.05, 4.69) is 125 Å². The quantitative estimate of drug-likeness (QED) is 0.0169. The van der Waals surface area contributed by atoms with E-state index in [-0.39, 0.29) is 25.7 Å². The van der Waals surface area contributed by atoms with Crippen molar-refractivity contribution in [3.63, 3.8) is 0 Å². The highest BCUT2D eigenvalue weighted by atomic mass is 31.2. The zero-order chi connectivity index (χ0) is 71.8. The summed E-state index contributed by atoms with van der Waals surface area (Å²) in [6.45, 7) is 4.51. The van der Waals surface area contributed by atoms with Gasteiger partial charge in [0, 0.05) is 19.3 Å². The second kappa shape index (κ2) is 70.9. The van der Waals surface area contributed by atoms with Crippen LogP contribution in [0.1, 0.15) is 297 Å². The number of hydrogen-bond acceptors (Lipinski definition) is 15. The van der Waals surface area contributed by atoms with Gasteiger partial charge in [0.2, 0.25) is 0 Å². The van der Waals surface area contributed by atoms with Crippen LogP contribution >= 0.6 is 15.6 Å². The van der Waals surface area contributed by atoms with Crippen LogP contribution in [0.5, 0.6) is 0 Å². The molecule has 5 atom stereocenters. The SMILES string of the molecule is CC/C=C\C/C=C\C/C=C\C/C=C\C/C=C\CC(=O)OC(COC(=O)CCCCCCCC/C=C\C/C=C\C/C=C\CCCCC)COP(=O)(O)OCC(O)COP(=O)(O)OCC(COC(=O)CCCCCCC/C=C\C/C=C\CCC)OC(=O)CCCCCCCCCCCCC. The molecule has 0 aromatic rings. The molecule has 3 N–H and O–H groups in total. The average Bonchev–Trinajstić information content (AvgIpc) is 1.06. The summed E-state index contributed by atoms with van der Waals surface area (Å²) in [5, 5.41) is 10.6. The zero-order valence-corrected chi connectivity index (χ0v) is 63.0. The molecule has 0 heterocycles. The molecule has 0 aliphatic rings. The monoisotopic (exact) mass is 1420 g/mol. The molecule has 0 aliphatic carbocycles. The molecule has 562 valence electrons. The van der Waals surface area contributed by atoms with Crippen molar-refractivity contribution >= 4 is 39.5 Å². The van der Waals surface area contributed by atoms with Crippen molar-refractivity contribution < 1.29 is 80.2 Å². The number of esters is 4. The van der Waals surface area contributed by atoms with Gasteiger partial charge in [-0.2, -0.15) is 0 Å². The van der Waals surface area contributed by atoms with E-state index < -0.39 is 97.5 Å². The molecule has 0 fully saturated rings. The molecule has 98 heavy (non-hydrogen) atoms. The van der Waals surface area contributed by atoms with Crippen LogP contribution < -0.4 is 0 Å². The topological polar surface area (TPSA) is 237 Å². The fourth-order valence-corrected chi connectivity index (χ4v) is 11.3. The third-order valence-electron chi connectivity index (χ3n) is 15.4. The molecule has 0 amide bonds. The zero-order valence-electron chi connectivity index (χ0n) is 61.2. The van der Waals surface area contributed by atoms with E-state index in [0.29, 0.717) is 25.7 Å². The summed E-state index contributed by atoms with van der Waals surface area (Å²) >= 11 is 0. The number of aliphatic hydroxyl groups excluding tert-OH is 1. The Kier molecular flexibility index (Phi) is 67.6. The molecule has 0 saturated heterocycles. The molecular formula is C79H134O17P2. The van der Waals surface area contributed by atoms with Gasteiger partial charge < -0.3 is 33.8 Å². The van der Waals surface area contributed by atoms with Crippen LogP contribution in [0.15, 0.2) is 122 Å². The molecule has 0 aromatic heterocycles. The first-order valence-corrected chi connectivity index (χ1v) is 40.8. The van der Waals surface area contributed by atoms with Crippen LogP contribution in [0, 0.1) is 0 Å². The van der Waals surface area contributed by atoms with E-state index in [9.17, 15) is 43.2 Å². The van der Waals surface area contributed by atoms with Gasteiger partial charge in [0.15, 0.2) is 12.2 Å². The van der Waals surface area contributed by atoms with Crippen LogP contribution in [-0.4, -0.2) is 96.7 Å². The summed E-state index contributed by atoms with van der Waals surface area (Å²) in [5.41, 5.74) is 0. The number of phosphoric acid groups is 2. The Morgan fingerprint density at radius 2 is 0.592 bits per heavy atom. The molecule has 0 saturated carbocycles. The predicted molar refractivity (Wildman–Crippen MR) is 399 cm³/mol. The Hall–Kier alpha value is -4.54. The van der Waals surface area contributed by atoms with Crippen molar-refractivity contribution in [2.75, 3.05) is 39.6 Å². The fourth-order valence-electron chi connectivity index (χ4n) is 9.69. The first-order valence-electron chi connectivity index (χ1n) is 37.8. The van der Waals surface area contributed by atoms with Crippen LogP contribution in [0.4, 0.5) is 0 Å². The van der Waals surface area contributed by atoms with Crippen molar-refractivity contribution in [3.8, 4) is 0 Å². The number of allylic oxidation sites excluding steroid dienone is 19. The molecule has 0 rings (SSSR count). The number of ether oxygens (including phenoxy) is 4. The molecule has 0 spiro atoms. The van der Waals surface area contributed by atoms with Crippen LogP contribution in [0.25, 0.3) is 0 Å². The minimum atomic E-state index is -5.00. The Morgan fingerprint density at radius 1 is 0.306 bits per heavy atom. The Morgan fingerprint density at radius 3 is 0.969 bits per heavy atom. The second-order valence-corrected chi connectivity index (χ2v) is 27.8. The highest BCUT2D eigenvalue weighted by Gasteiger charge is 2.30. The summed E-state index contributed by atoms with van der Waals surface area (Å²) in [6, 6.07) is 0. The number of unbranched alkanes of at least 4 members (excludes halogenated alkanes) is 25. The van der Waals surface area contributed by atoms with Gasteiger partial charge in [0.25, 0.3) is 0 Å². The maximum absolute atomic E-state index is 13.1. The summed E-state index contributed by atoms with van der Waals surface area (Å²) in [7, 11) is -9.98. The van der Waals surface area contributed by atoms with Crippen molar-refractivity contribution in [1.29, 1.82) is 0 Å². The third-order valence-corrected chi connectivity index (χ3v) is 17.3. The van der Waals surface area contributed by atoms with Crippen molar-refractivity contribution in [2.24, 2.45) is 0 Å². The van der Waals surface area contributed by atoms with Crippen molar-refractivity contribution in [1.82, 2.24) is 0 Å². The molecule has 0 radical (unpaired) electrons. The predicted octanol–water partition coefficient (Wildman–Crippen LogP) is 21.6. The molecular weight excluding hydrogens is 1280 g/mol. The molecule has 0 bridgehead atoms. The van der Waals surface area contributed by atoms with Gasteiger partial charge in [-0.1, -0.05) is 278 Å².